The van der Waals surface area contributed by atoms with Crippen molar-refractivity contribution in [1.82, 2.24) is 15.1 Å². The first-order valence-electron chi connectivity index (χ1n) is 7.93. The number of nitrogens with one attached hydrogen (secondary N) is 1. The Hall–Kier alpha value is -1.39. The van der Waals surface area contributed by atoms with Gasteiger partial charge in [0, 0.05) is 45.7 Å². The van der Waals surface area contributed by atoms with Crippen LogP contribution in [0.2, 0.25) is 0 Å². The highest BCUT2D eigenvalue weighted by Gasteiger charge is 2.15. The molecule has 1 fully saturated rings. The smallest absolute Gasteiger partial charge is 0.220 e. The van der Waals surface area contributed by atoms with Gasteiger partial charge in [0.2, 0.25) is 5.91 Å². The van der Waals surface area contributed by atoms with E-state index < -0.39 is 0 Å². The molecule has 21 heavy (non-hydrogen) atoms. The molecule has 0 radical (unpaired) electrons. The number of hydrogen-bond acceptors (Lipinski definition) is 3. The molecule has 1 saturated heterocycles. The molecule has 1 aliphatic rings. The van der Waals surface area contributed by atoms with Gasteiger partial charge in [-0.3, -0.25) is 9.69 Å². The van der Waals surface area contributed by atoms with Gasteiger partial charge in [-0.05, 0) is 24.6 Å². The first-order chi connectivity index (χ1) is 10.2. The van der Waals surface area contributed by atoms with Crippen molar-refractivity contribution in [2.45, 2.75) is 32.9 Å². The Bertz CT molecular complexity index is 453. The number of hydrogen-bond donors (Lipinski definition) is 1. The zero-order chi connectivity index (χ0) is 15.1. The maximum atomic E-state index is 11.6. The predicted molar refractivity (Wildman–Crippen MR) is 86.0 cm³/mol. The SMILES string of the molecule is CCCC(=O)NCc1ccccc1CN1CCN(C)CC1. The minimum absolute atomic E-state index is 0.145. The largest absolute Gasteiger partial charge is 0.352 e. The van der Waals surface area contributed by atoms with Crippen LogP contribution in [0.25, 0.3) is 0 Å². The highest BCUT2D eigenvalue weighted by molar-refractivity contribution is 5.75. The second-order valence-corrected chi connectivity index (χ2v) is 5.87. The molecule has 0 spiro atoms. The average molecular weight is 289 g/mol. The maximum Gasteiger partial charge on any atom is 0.220 e. The standard InChI is InChI=1S/C17H27N3O/c1-3-6-17(21)18-13-15-7-4-5-8-16(15)14-20-11-9-19(2)10-12-20/h4-5,7-8H,3,6,9-14H2,1-2H3,(H,18,21). The number of likely N-dealkylation sites (N-methyl/N-ethyl adjacent to an activating group) is 1. The van der Waals surface area contributed by atoms with Gasteiger partial charge in [-0.25, -0.2) is 0 Å². The van der Waals surface area contributed by atoms with Crippen molar-refractivity contribution in [3.05, 3.63) is 35.4 Å². The van der Waals surface area contributed by atoms with E-state index in [1.54, 1.807) is 0 Å². The van der Waals surface area contributed by atoms with Crippen molar-refractivity contribution in [2.75, 3.05) is 33.2 Å². The number of carbonyl (C=O) groups is 1. The van der Waals surface area contributed by atoms with Crippen LogP contribution in [-0.4, -0.2) is 48.9 Å². The molecule has 1 amide bonds. The molecule has 0 saturated carbocycles. The molecule has 4 nitrogen and oxygen atoms in total. The summed E-state index contributed by atoms with van der Waals surface area (Å²) in [5.41, 5.74) is 2.57. The third-order valence-electron chi connectivity index (χ3n) is 4.06. The minimum Gasteiger partial charge on any atom is -0.352 e. The van der Waals surface area contributed by atoms with E-state index in [0.717, 1.165) is 39.1 Å². The quantitative estimate of drug-likeness (QED) is 0.868. The van der Waals surface area contributed by atoms with Gasteiger partial charge in [-0.2, -0.15) is 0 Å². The van der Waals surface area contributed by atoms with Crippen molar-refractivity contribution in [3.8, 4) is 0 Å². The van der Waals surface area contributed by atoms with E-state index in [-0.39, 0.29) is 5.91 Å². The van der Waals surface area contributed by atoms with E-state index in [9.17, 15) is 4.79 Å². The number of carbonyl (C=O) groups excluding carboxylic acids is 1. The monoisotopic (exact) mass is 289 g/mol. The van der Waals surface area contributed by atoms with Crippen molar-refractivity contribution < 1.29 is 4.79 Å². The number of nitrogens with zero attached hydrogens (tertiary/aromatic N) is 2. The Balaban J connectivity index is 1.92. The molecule has 116 valence electrons. The van der Waals surface area contributed by atoms with Crippen LogP contribution in [0.3, 0.4) is 0 Å². The van der Waals surface area contributed by atoms with Crippen LogP contribution in [0, 0.1) is 0 Å². The summed E-state index contributed by atoms with van der Waals surface area (Å²) in [5.74, 6) is 0.145. The summed E-state index contributed by atoms with van der Waals surface area (Å²) in [6.07, 6.45) is 1.51. The van der Waals surface area contributed by atoms with Crippen LogP contribution in [0.15, 0.2) is 24.3 Å². The first kappa shape index (κ1) is 16.0. The third-order valence-corrected chi connectivity index (χ3v) is 4.06. The van der Waals surface area contributed by atoms with Gasteiger partial charge in [0.05, 0.1) is 0 Å². The highest BCUT2D eigenvalue weighted by Crippen LogP contribution is 2.13. The summed E-state index contributed by atoms with van der Waals surface area (Å²) in [5, 5.41) is 3.02. The van der Waals surface area contributed by atoms with Crippen molar-refractivity contribution in [1.29, 1.82) is 0 Å². The molecule has 1 aromatic carbocycles. The van der Waals surface area contributed by atoms with Gasteiger partial charge in [0.1, 0.15) is 0 Å². The summed E-state index contributed by atoms with van der Waals surface area (Å²) in [7, 11) is 2.18. The first-order valence-corrected chi connectivity index (χ1v) is 7.93. The molecule has 0 unspecified atom stereocenters. The Morgan fingerprint density at radius 1 is 1.14 bits per heavy atom. The average Bonchev–Trinajstić information content (AvgIpc) is 2.49. The van der Waals surface area contributed by atoms with Crippen LogP contribution in [0.4, 0.5) is 0 Å². The molecule has 0 bridgehead atoms. The lowest BCUT2D eigenvalue weighted by molar-refractivity contribution is -0.121. The second-order valence-electron chi connectivity index (χ2n) is 5.87. The normalized spacial score (nSPS) is 16.9. The number of piperazine rings is 1. The Morgan fingerprint density at radius 3 is 2.48 bits per heavy atom. The van der Waals surface area contributed by atoms with E-state index in [0.29, 0.717) is 13.0 Å². The van der Waals surface area contributed by atoms with Gasteiger partial charge in [-0.15, -0.1) is 0 Å². The summed E-state index contributed by atoms with van der Waals surface area (Å²) >= 11 is 0. The molecule has 1 aliphatic heterocycles. The summed E-state index contributed by atoms with van der Waals surface area (Å²) < 4.78 is 0. The Kier molecular flexibility index (Phi) is 6.21. The van der Waals surface area contributed by atoms with Crippen LogP contribution >= 0.6 is 0 Å². The van der Waals surface area contributed by atoms with Gasteiger partial charge >= 0.3 is 0 Å². The van der Waals surface area contributed by atoms with E-state index in [4.69, 9.17) is 0 Å². The molecule has 0 atom stereocenters. The second kappa shape index (κ2) is 8.15. The molecule has 0 aliphatic carbocycles. The van der Waals surface area contributed by atoms with E-state index >= 15 is 0 Å². The summed E-state index contributed by atoms with van der Waals surface area (Å²) in [6, 6.07) is 8.44. The van der Waals surface area contributed by atoms with Crippen LogP contribution in [0.1, 0.15) is 30.9 Å². The fourth-order valence-electron chi connectivity index (χ4n) is 2.64. The lowest BCUT2D eigenvalue weighted by Crippen LogP contribution is -2.44. The zero-order valence-electron chi connectivity index (χ0n) is 13.3. The fourth-order valence-corrected chi connectivity index (χ4v) is 2.64. The predicted octanol–water partition coefficient (Wildman–Crippen LogP) is 1.85. The Labute approximate surface area is 128 Å². The van der Waals surface area contributed by atoms with Crippen molar-refractivity contribution in [2.24, 2.45) is 0 Å². The summed E-state index contributed by atoms with van der Waals surface area (Å²) in [6.45, 7) is 8.15. The van der Waals surface area contributed by atoms with E-state index in [2.05, 4.69) is 46.4 Å². The van der Waals surface area contributed by atoms with Crippen LogP contribution in [-0.2, 0) is 17.9 Å². The summed E-state index contributed by atoms with van der Waals surface area (Å²) in [4.78, 5) is 16.5. The van der Waals surface area contributed by atoms with Gasteiger partial charge in [-0.1, -0.05) is 31.2 Å². The lowest BCUT2D eigenvalue weighted by Gasteiger charge is -2.32. The van der Waals surface area contributed by atoms with Gasteiger partial charge in [0.15, 0.2) is 0 Å². The van der Waals surface area contributed by atoms with Gasteiger partial charge < -0.3 is 10.2 Å². The highest BCUT2D eigenvalue weighted by atomic mass is 16.1. The topological polar surface area (TPSA) is 35.6 Å². The fraction of sp³-hybridized carbons (Fsp3) is 0.588. The maximum absolute atomic E-state index is 11.6. The minimum atomic E-state index is 0.145. The molecule has 1 heterocycles. The van der Waals surface area contributed by atoms with Crippen molar-refractivity contribution in [3.63, 3.8) is 0 Å². The molecular formula is C17H27N3O. The van der Waals surface area contributed by atoms with Crippen LogP contribution in [0.5, 0.6) is 0 Å². The van der Waals surface area contributed by atoms with Crippen molar-refractivity contribution >= 4 is 5.91 Å². The van der Waals surface area contributed by atoms with E-state index in [1.807, 2.05) is 6.92 Å². The lowest BCUT2D eigenvalue weighted by atomic mass is 10.1. The molecular weight excluding hydrogens is 262 g/mol. The molecule has 4 heteroatoms. The zero-order valence-corrected chi connectivity index (χ0v) is 13.3. The van der Waals surface area contributed by atoms with E-state index in [1.165, 1.54) is 11.1 Å². The Morgan fingerprint density at radius 2 is 1.81 bits per heavy atom. The third kappa shape index (κ3) is 5.14. The number of amides is 1. The number of rotatable bonds is 6. The number of benzene rings is 1. The van der Waals surface area contributed by atoms with Gasteiger partial charge in [0.25, 0.3) is 0 Å². The molecule has 1 N–H and O–H groups in total. The molecule has 1 aromatic rings. The van der Waals surface area contributed by atoms with Crippen LogP contribution < -0.4 is 5.32 Å². The molecule has 0 aromatic heterocycles. The molecule has 2 rings (SSSR count).